The highest BCUT2D eigenvalue weighted by Crippen LogP contribution is 2.23. The number of carbonyl (C=O) groups excluding carboxylic acids is 1. The van der Waals surface area contributed by atoms with E-state index in [4.69, 9.17) is 5.84 Å². The lowest BCUT2D eigenvalue weighted by Crippen LogP contribution is -2.06. The van der Waals surface area contributed by atoms with Gasteiger partial charge in [-0.05, 0) is 24.6 Å². The Labute approximate surface area is 85.4 Å². The molecule has 0 aliphatic rings. The first-order chi connectivity index (χ1) is 7.15. The van der Waals surface area contributed by atoms with Crippen LogP contribution in [0.25, 0.3) is 10.9 Å². The van der Waals surface area contributed by atoms with Gasteiger partial charge in [-0.15, -0.1) is 4.91 Å². The van der Waals surface area contributed by atoms with Crippen LogP contribution in [0.3, 0.4) is 0 Å². The van der Waals surface area contributed by atoms with Gasteiger partial charge in [0.05, 0.1) is 11.1 Å². The molecule has 1 aromatic carbocycles. The van der Waals surface area contributed by atoms with Crippen molar-refractivity contribution in [1.29, 1.82) is 0 Å². The number of aryl methyl sites for hydroxylation is 1. The first-order valence-electron chi connectivity index (χ1n) is 4.38. The number of rotatable bonds is 1. The fraction of sp³-hybridized carbons (Fsp3) is 0.100. The van der Waals surface area contributed by atoms with E-state index in [1.165, 1.54) is 4.68 Å². The van der Waals surface area contributed by atoms with E-state index in [0.29, 0.717) is 5.39 Å². The summed E-state index contributed by atoms with van der Waals surface area (Å²) in [5.41, 5.74) is 1.97. The molecule has 5 nitrogen and oxygen atoms in total. The fourth-order valence-corrected chi connectivity index (χ4v) is 1.69. The second-order valence-electron chi connectivity index (χ2n) is 3.31. The highest BCUT2D eigenvalue weighted by atomic mass is 16.3. The molecule has 1 heterocycles. The number of nitrogen functional groups attached to an aromatic ring is 1. The number of aromatic nitrogens is 1. The summed E-state index contributed by atoms with van der Waals surface area (Å²) in [7, 11) is 0. The summed E-state index contributed by atoms with van der Waals surface area (Å²) in [5, 5.41) is 3.06. The van der Waals surface area contributed by atoms with Crippen LogP contribution in [0.4, 0.5) is 0 Å². The van der Waals surface area contributed by atoms with Crippen molar-refractivity contribution >= 4 is 16.8 Å². The van der Waals surface area contributed by atoms with Gasteiger partial charge in [0, 0.05) is 16.8 Å². The topological polar surface area (TPSA) is 77.5 Å². The molecule has 2 rings (SSSR count). The number of nitrogens with two attached hydrogens (primary N) is 1. The molecule has 1 aromatic heterocycles. The first kappa shape index (κ1) is 9.39. The highest BCUT2D eigenvalue weighted by Gasteiger charge is 2.13. The minimum Gasteiger partial charge on any atom is -0.339 e. The van der Waals surface area contributed by atoms with Crippen LogP contribution in [-0.4, -0.2) is 10.6 Å². The average Bonchev–Trinajstić information content (AvgIpc) is 2.61. The number of nitroso groups, excluding NO2 is 1. The van der Waals surface area contributed by atoms with Crippen LogP contribution in [0.1, 0.15) is 15.9 Å². The minimum atomic E-state index is -0.772. The van der Waals surface area contributed by atoms with Gasteiger partial charge in [0.15, 0.2) is 0 Å². The molecule has 0 aliphatic carbocycles. The van der Waals surface area contributed by atoms with Crippen molar-refractivity contribution in [2.24, 2.45) is 5.18 Å². The normalized spacial score (nSPS) is 10.5. The van der Waals surface area contributed by atoms with Crippen molar-refractivity contribution < 1.29 is 4.79 Å². The van der Waals surface area contributed by atoms with Gasteiger partial charge in [-0.3, -0.25) is 9.47 Å². The van der Waals surface area contributed by atoms with E-state index in [0.717, 1.165) is 11.1 Å². The second-order valence-corrected chi connectivity index (χ2v) is 3.31. The monoisotopic (exact) mass is 203 g/mol. The van der Waals surface area contributed by atoms with Crippen LogP contribution in [0.15, 0.2) is 29.6 Å². The number of carbonyl (C=O) groups is 1. The Morgan fingerprint density at radius 3 is 2.80 bits per heavy atom. The van der Waals surface area contributed by atoms with E-state index < -0.39 is 5.91 Å². The highest BCUT2D eigenvalue weighted by molar-refractivity contribution is 6.07. The van der Waals surface area contributed by atoms with Crippen molar-refractivity contribution in [3.05, 3.63) is 40.4 Å². The summed E-state index contributed by atoms with van der Waals surface area (Å²) < 4.78 is 1.42. The molecule has 1 amide bonds. The van der Waals surface area contributed by atoms with E-state index in [-0.39, 0.29) is 5.56 Å². The third kappa shape index (κ3) is 1.28. The van der Waals surface area contributed by atoms with E-state index >= 15 is 0 Å². The molecule has 0 atom stereocenters. The summed E-state index contributed by atoms with van der Waals surface area (Å²) in [6.45, 7) is 1.88. The van der Waals surface area contributed by atoms with E-state index in [2.05, 4.69) is 5.18 Å². The predicted molar refractivity (Wildman–Crippen MR) is 57.0 cm³/mol. The second kappa shape index (κ2) is 3.20. The molecule has 2 aromatic rings. The molecule has 2 N–H and O–H groups in total. The zero-order valence-electron chi connectivity index (χ0n) is 8.10. The molecule has 0 bridgehead atoms. The standard InChI is InChI=1S/C10H9N3O2/c1-6-2-3-8(10(14)12-15)7-4-5-13(11)9(6)7/h2-5H,11H2,1H3. The Bertz CT molecular complexity index is 557. The molecule has 76 valence electrons. The Morgan fingerprint density at radius 1 is 1.40 bits per heavy atom. The van der Waals surface area contributed by atoms with Gasteiger partial charge in [-0.1, -0.05) is 6.07 Å². The van der Waals surface area contributed by atoms with Gasteiger partial charge in [0.2, 0.25) is 0 Å². The smallest absolute Gasteiger partial charge is 0.317 e. The van der Waals surface area contributed by atoms with Crippen molar-refractivity contribution in [3.8, 4) is 0 Å². The third-order valence-corrected chi connectivity index (χ3v) is 2.39. The quantitative estimate of drug-likeness (QED) is 0.564. The zero-order valence-corrected chi connectivity index (χ0v) is 8.10. The maximum Gasteiger partial charge on any atom is 0.317 e. The molecule has 0 unspecified atom stereocenters. The zero-order chi connectivity index (χ0) is 11.0. The summed E-state index contributed by atoms with van der Waals surface area (Å²) in [6, 6.07) is 5.02. The lowest BCUT2D eigenvalue weighted by atomic mass is 10.1. The van der Waals surface area contributed by atoms with Crippen molar-refractivity contribution in [3.63, 3.8) is 0 Å². The first-order valence-corrected chi connectivity index (χ1v) is 4.38. The number of hydrogen-bond donors (Lipinski definition) is 1. The van der Waals surface area contributed by atoms with Crippen LogP contribution < -0.4 is 5.84 Å². The number of amides is 1. The van der Waals surface area contributed by atoms with Crippen LogP contribution in [0, 0.1) is 11.8 Å². The third-order valence-electron chi connectivity index (χ3n) is 2.39. The van der Waals surface area contributed by atoms with Crippen LogP contribution in [-0.2, 0) is 0 Å². The number of benzene rings is 1. The molecule has 0 aliphatic heterocycles. The summed E-state index contributed by atoms with van der Waals surface area (Å²) in [6.07, 6.45) is 1.64. The summed E-state index contributed by atoms with van der Waals surface area (Å²) >= 11 is 0. The average molecular weight is 203 g/mol. The van der Waals surface area contributed by atoms with Gasteiger partial charge in [0.1, 0.15) is 0 Å². The van der Waals surface area contributed by atoms with Gasteiger partial charge < -0.3 is 5.84 Å². The Kier molecular flexibility index (Phi) is 2.00. The van der Waals surface area contributed by atoms with Crippen molar-refractivity contribution in [1.82, 2.24) is 4.68 Å². The molecule has 0 spiro atoms. The molecular formula is C10H9N3O2. The number of hydrogen-bond acceptors (Lipinski definition) is 3. The van der Waals surface area contributed by atoms with E-state index in [9.17, 15) is 9.70 Å². The fourth-order valence-electron chi connectivity index (χ4n) is 1.69. The lowest BCUT2D eigenvalue weighted by molar-refractivity contribution is 0.100. The molecule has 5 heteroatoms. The van der Waals surface area contributed by atoms with E-state index in [1.807, 2.05) is 6.92 Å². The minimum absolute atomic E-state index is 0.287. The van der Waals surface area contributed by atoms with Crippen molar-refractivity contribution in [2.75, 3.05) is 5.84 Å². The lowest BCUT2D eigenvalue weighted by Gasteiger charge is -2.03. The molecule has 0 radical (unpaired) electrons. The SMILES string of the molecule is Cc1ccc(C(=O)N=O)c2ccn(N)c12. The number of nitrogens with zero attached hydrogens (tertiary/aromatic N) is 2. The molecular weight excluding hydrogens is 194 g/mol. The number of fused-ring (bicyclic) bond motifs is 1. The molecule has 0 saturated carbocycles. The van der Waals surface area contributed by atoms with Gasteiger partial charge in [-0.2, -0.15) is 0 Å². The maximum absolute atomic E-state index is 11.2. The van der Waals surface area contributed by atoms with Gasteiger partial charge in [-0.25, -0.2) is 0 Å². The summed E-state index contributed by atoms with van der Waals surface area (Å²) in [4.78, 5) is 21.4. The maximum atomic E-state index is 11.2. The van der Waals surface area contributed by atoms with Gasteiger partial charge in [0.25, 0.3) is 0 Å². The Morgan fingerprint density at radius 2 is 2.13 bits per heavy atom. The van der Waals surface area contributed by atoms with Crippen LogP contribution in [0.2, 0.25) is 0 Å². The van der Waals surface area contributed by atoms with Crippen molar-refractivity contribution in [2.45, 2.75) is 6.92 Å². The predicted octanol–water partition coefficient (Wildman–Crippen LogP) is 1.57. The van der Waals surface area contributed by atoms with Gasteiger partial charge >= 0.3 is 5.91 Å². The Balaban J connectivity index is 2.84. The summed E-state index contributed by atoms with van der Waals surface area (Å²) in [5.74, 6) is 4.91. The van der Waals surface area contributed by atoms with Crippen LogP contribution in [0.5, 0.6) is 0 Å². The molecule has 15 heavy (non-hydrogen) atoms. The van der Waals surface area contributed by atoms with Crippen LogP contribution >= 0.6 is 0 Å². The molecule has 0 saturated heterocycles. The Hall–Kier alpha value is -2.17. The largest absolute Gasteiger partial charge is 0.339 e. The molecule has 0 fully saturated rings. The van der Waals surface area contributed by atoms with E-state index in [1.54, 1.807) is 24.4 Å².